The molecule has 2 aliphatic rings. The molecule has 3 aromatic carbocycles. The zero-order valence-electron chi connectivity index (χ0n) is 23.4. The molecule has 10 heteroatoms. The van der Waals surface area contributed by atoms with E-state index in [9.17, 15) is 14.4 Å². The van der Waals surface area contributed by atoms with E-state index in [1.807, 2.05) is 82.9 Å². The summed E-state index contributed by atoms with van der Waals surface area (Å²) < 4.78 is 1.83. The molecule has 1 aliphatic heterocycles. The van der Waals surface area contributed by atoms with Crippen molar-refractivity contribution in [3.63, 3.8) is 0 Å². The quantitative estimate of drug-likeness (QED) is 0.234. The van der Waals surface area contributed by atoms with Gasteiger partial charge in [0.2, 0.25) is 0 Å². The molecule has 0 bridgehead atoms. The lowest BCUT2D eigenvalue weighted by molar-refractivity contribution is -0.113. The number of aldehydes is 1. The van der Waals surface area contributed by atoms with Crippen LogP contribution in [0, 0.1) is 0 Å². The number of carbonyl (C=O) groups is 3. The van der Waals surface area contributed by atoms with E-state index < -0.39 is 0 Å². The third-order valence-corrected chi connectivity index (χ3v) is 9.19. The minimum absolute atomic E-state index is 0.130. The molecule has 3 heterocycles. The molecule has 0 atom stereocenters. The Bertz CT molecular complexity index is 1790. The van der Waals surface area contributed by atoms with Crippen molar-refractivity contribution in [2.24, 2.45) is 0 Å². The first-order valence-corrected chi connectivity index (χ1v) is 15.2. The van der Waals surface area contributed by atoms with Gasteiger partial charge in [-0.2, -0.15) is 5.10 Å². The number of benzene rings is 3. The molecule has 1 saturated carbocycles. The Kier molecular flexibility index (Phi) is 7.00. The smallest absolute Gasteiger partial charge is 0.265 e. The first-order valence-electron chi connectivity index (χ1n) is 14.3. The summed E-state index contributed by atoms with van der Waals surface area (Å²) in [5.41, 5.74) is 4.62. The standard InChI is InChI=1S/C33H30N6O3S/c40-22-33(13-14-33)38-17-15-37(16-18-38)27-8-3-23(4-9-27)31(41)36-26-7-12-29-24(20-26)21-34-39(29)28-10-5-25(6-11-28)35-32(42)30-2-1-19-43-30/h1-12,19-22H,13-18H2,(H,35,42)(H,36,41). The number of aromatic nitrogens is 2. The molecule has 2 N–H and O–H groups in total. The maximum atomic E-state index is 13.0. The van der Waals surface area contributed by atoms with Gasteiger partial charge in [-0.1, -0.05) is 6.07 Å². The van der Waals surface area contributed by atoms with E-state index in [0.29, 0.717) is 21.8 Å². The van der Waals surface area contributed by atoms with Gasteiger partial charge in [0, 0.05) is 54.2 Å². The highest BCUT2D eigenvalue weighted by atomic mass is 32.1. The van der Waals surface area contributed by atoms with Crippen molar-refractivity contribution in [3.05, 3.63) is 101 Å². The van der Waals surface area contributed by atoms with Gasteiger partial charge in [-0.15, -0.1) is 11.3 Å². The van der Waals surface area contributed by atoms with E-state index in [2.05, 4.69) is 25.5 Å². The fourth-order valence-electron chi connectivity index (χ4n) is 5.68. The van der Waals surface area contributed by atoms with Crippen molar-refractivity contribution in [3.8, 4) is 5.69 Å². The number of nitrogens with zero attached hydrogens (tertiary/aromatic N) is 4. The normalized spacial score (nSPS) is 16.1. The molecule has 7 rings (SSSR count). The van der Waals surface area contributed by atoms with Crippen molar-refractivity contribution in [1.82, 2.24) is 14.7 Å². The number of anilines is 3. The fourth-order valence-corrected chi connectivity index (χ4v) is 6.30. The minimum atomic E-state index is -0.202. The van der Waals surface area contributed by atoms with Gasteiger partial charge in [0.15, 0.2) is 0 Å². The Morgan fingerprint density at radius 2 is 1.51 bits per heavy atom. The molecule has 0 radical (unpaired) electrons. The second kappa shape index (κ2) is 11.1. The highest BCUT2D eigenvalue weighted by Crippen LogP contribution is 2.40. The Labute approximate surface area is 252 Å². The second-order valence-electron chi connectivity index (χ2n) is 11.0. The molecule has 216 valence electrons. The average molecular weight is 591 g/mol. The average Bonchev–Trinajstić information content (AvgIpc) is 3.42. The van der Waals surface area contributed by atoms with Gasteiger partial charge in [0.1, 0.15) is 6.29 Å². The van der Waals surface area contributed by atoms with E-state index in [1.54, 1.807) is 12.3 Å². The molecule has 1 saturated heterocycles. The molecule has 2 fully saturated rings. The largest absolute Gasteiger partial charge is 0.369 e. The molecule has 9 nitrogen and oxygen atoms in total. The van der Waals surface area contributed by atoms with Crippen LogP contribution in [0.2, 0.25) is 0 Å². The summed E-state index contributed by atoms with van der Waals surface area (Å²) in [5.74, 6) is -0.306. The maximum absolute atomic E-state index is 13.0. The number of amides is 2. The highest BCUT2D eigenvalue weighted by Gasteiger charge is 2.48. The van der Waals surface area contributed by atoms with Crippen LogP contribution < -0.4 is 15.5 Å². The Morgan fingerprint density at radius 1 is 0.814 bits per heavy atom. The lowest BCUT2D eigenvalue weighted by Gasteiger charge is -2.38. The van der Waals surface area contributed by atoms with Crippen LogP contribution >= 0.6 is 11.3 Å². The van der Waals surface area contributed by atoms with Gasteiger partial charge in [-0.3, -0.25) is 14.5 Å². The van der Waals surface area contributed by atoms with Crippen LogP contribution in [-0.2, 0) is 4.79 Å². The highest BCUT2D eigenvalue weighted by molar-refractivity contribution is 7.12. The van der Waals surface area contributed by atoms with Gasteiger partial charge in [0.25, 0.3) is 11.8 Å². The van der Waals surface area contributed by atoms with Crippen LogP contribution in [0.4, 0.5) is 17.1 Å². The summed E-state index contributed by atoms with van der Waals surface area (Å²) in [5, 5.41) is 13.2. The van der Waals surface area contributed by atoms with Crippen LogP contribution in [0.3, 0.4) is 0 Å². The van der Waals surface area contributed by atoms with E-state index in [4.69, 9.17) is 0 Å². The monoisotopic (exact) mass is 590 g/mol. The minimum Gasteiger partial charge on any atom is -0.369 e. The number of thiophene rings is 1. The van der Waals surface area contributed by atoms with Crippen LogP contribution in [0.15, 0.2) is 90.4 Å². The Morgan fingerprint density at radius 3 is 2.19 bits per heavy atom. The van der Waals surface area contributed by atoms with Crippen molar-refractivity contribution in [2.45, 2.75) is 18.4 Å². The Hall–Kier alpha value is -4.80. The van der Waals surface area contributed by atoms with Crippen molar-refractivity contribution in [2.75, 3.05) is 41.7 Å². The van der Waals surface area contributed by atoms with E-state index in [0.717, 1.165) is 67.6 Å². The van der Waals surface area contributed by atoms with Gasteiger partial charge in [-0.25, -0.2) is 4.68 Å². The molecule has 2 aromatic heterocycles. The summed E-state index contributed by atoms with van der Waals surface area (Å²) in [7, 11) is 0. The number of rotatable bonds is 8. The van der Waals surface area contributed by atoms with Crippen LogP contribution in [0.1, 0.15) is 32.9 Å². The topological polar surface area (TPSA) is 99.6 Å². The summed E-state index contributed by atoms with van der Waals surface area (Å²) in [6.45, 7) is 3.48. The zero-order chi connectivity index (χ0) is 29.4. The summed E-state index contributed by atoms with van der Waals surface area (Å²) in [6, 6.07) is 24.6. The molecule has 1 aliphatic carbocycles. The number of hydrogen-bond acceptors (Lipinski definition) is 7. The molecule has 5 aromatic rings. The third kappa shape index (κ3) is 5.42. The molecular weight excluding hydrogens is 560 g/mol. The van der Waals surface area contributed by atoms with Gasteiger partial charge in [0.05, 0.1) is 27.8 Å². The van der Waals surface area contributed by atoms with Gasteiger partial charge in [-0.05, 0) is 91.0 Å². The fraction of sp³-hybridized carbons (Fsp3) is 0.212. The van der Waals surface area contributed by atoms with Gasteiger partial charge < -0.3 is 20.3 Å². The van der Waals surface area contributed by atoms with Crippen LogP contribution in [-0.4, -0.2) is 64.5 Å². The molecule has 2 amide bonds. The van der Waals surface area contributed by atoms with Crippen molar-refractivity contribution in [1.29, 1.82) is 0 Å². The zero-order valence-corrected chi connectivity index (χ0v) is 24.2. The van der Waals surface area contributed by atoms with E-state index >= 15 is 0 Å². The third-order valence-electron chi connectivity index (χ3n) is 8.33. The van der Waals surface area contributed by atoms with E-state index in [1.165, 1.54) is 11.3 Å². The number of carbonyl (C=O) groups excluding carboxylic acids is 3. The summed E-state index contributed by atoms with van der Waals surface area (Å²) in [4.78, 5) is 42.1. The molecule has 0 unspecified atom stereocenters. The van der Waals surface area contributed by atoms with Crippen LogP contribution in [0.25, 0.3) is 16.6 Å². The molecular formula is C33H30N6O3S. The molecule has 43 heavy (non-hydrogen) atoms. The van der Waals surface area contributed by atoms with Crippen molar-refractivity contribution < 1.29 is 14.4 Å². The Balaban J connectivity index is 0.978. The SMILES string of the molecule is O=CC1(N2CCN(c3ccc(C(=O)Nc4ccc5c(cnn5-c5ccc(NC(=O)c6cccs6)cc5)c4)cc3)CC2)CC1. The number of hydrogen-bond donors (Lipinski definition) is 2. The first kappa shape index (κ1) is 27.1. The summed E-state index contributed by atoms with van der Waals surface area (Å²) in [6.07, 6.45) is 4.84. The lowest BCUT2D eigenvalue weighted by Crippen LogP contribution is -2.52. The number of nitrogens with one attached hydrogen (secondary N) is 2. The predicted molar refractivity (Wildman–Crippen MR) is 170 cm³/mol. The van der Waals surface area contributed by atoms with E-state index in [-0.39, 0.29) is 17.4 Å². The first-order chi connectivity index (χ1) is 21.0. The maximum Gasteiger partial charge on any atom is 0.265 e. The predicted octanol–water partition coefficient (Wildman–Crippen LogP) is 5.45. The van der Waals surface area contributed by atoms with Crippen LogP contribution in [0.5, 0.6) is 0 Å². The van der Waals surface area contributed by atoms with Crippen molar-refractivity contribution >= 4 is 57.4 Å². The lowest BCUT2D eigenvalue weighted by atomic mass is 10.1. The number of fused-ring (bicyclic) bond motifs is 1. The molecule has 0 spiro atoms. The second-order valence-corrected chi connectivity index (χ2v) is 12.0. The number of piperazine rings is 1. The van der Waals surface area contributed by atoms with Gasteiger partial charge >= 0.3 is 0 Å². The summed E-state index contributed by atoms with van der Waals surface area (Å²) >= 11 is 1.40.